The quantitative estimate of drug-likeness (QED) is 0.161. The van der Waals surface area contributed by atoms with Crippen LogP contribution in [0.3, 0.4) is 0 Å². The number of aliphatic hydroxyl groups excluding tert-OH is 1. The van der Waals surface area contributed by atoms with E-state index in [1.165, 1.54) is 28.4 Å². The van der Waals surface area contributed by atoms with Gasteiger partial charge in [0.25, 0.3) is 5.91 Å². The molecular formula is C39H47N5O7S. The standard InChI is InChI=1S/C39H47N5O7S/c1-26(2)22-42(52(49,50)32-19-17-31(51-5)18-20-32)24-35(45)34(21-28-11-7-6-8-12-28)41-38(47)37(27(3)4)44-25-36(46)43(39(44)48)23-30-16-15-29-13-9-10-14-33(29)40-30/h6-20,26-27,34-35,37,45H,21-25H2,1-5H3,(H,41,47)/t34-,35+,37-/m0/s1. The maximum Gasteiger partial charge on any atom is 0.328 e. The van der Waals surface area contributed by atoms with Gasteiger partial charge in [-0.2, -0.15) is 4.31 Å². The van der Waals surface area contributed by atoms with Gasteiger partial charge in [0.15, 0.2) is 0 Å². The lowest BCUT2D eigenvalue weighted by Gasteiger charge is -2.34. The van der Waals surface area contributed by atoms with Crippen molar-refractivity contribution in [3.63, 3.8) is 0 Å². The van der Waals surface area contributed by atoms with Crippen molar-refractivity contribution in [2.75, 3.05) is 26.7 Å². The molecule has 3 aromatic carbocycles. The Morgan fingerprint density at radius 1 is 0.923 bits per heavy atom. The predicted molar refractivity (Wildman–Crippen MR) is 198 cm³/mol. The van der Waals surface area contributed by atoms with Gasteiger partial charge in [-0.25, -0.2) is 13.2 Å². The lowest BCUT2D eigenvalue weighted by Crippen LogP contribution is -2.57. The molecule has 4 aromatic rings. The van der Waals surface area contributed by atoms with E-state index in [4.69, 9.17) is 4.74 Å². The lowest BCUT2D eigenvalue weighted by molar-refractivity contribution is -0.129. The van der Waals surface area contributed by atoms with Gasteiger partial charge in [0, 0.05) is 18.5 Å². The van der Waals surface area contributed by atoms with Gasteiger partial charge in [0.05, 0.1) is 41.9 Å². The molecule has 0 radical (unpaired) electrons. The molecule has 0 unspecified atom stereocenters. The third kappa shape index (κ3) is 8.95. The molecule has 5 rings (SSSR count). The molecule has 276 valence electrons. The Bertz CT molecular complexity index is 1970. The fourth-order valence-electron chi connectivity index (χ4n) is 6.43. The largest absolute Gasteiger partial charge is 0.497 e. The maximum absolute atomic E-state index is 14.2. The summed E-state index contributed by atoms with van der Waals surface area (Å²) in [5.41, 5.74) is 2.08. The van der Waals surface area contributed by atoms with Crippen LogP contribution in [0.4, 0.5) is 4.79 Å². The molecule has 52 heavy (non-hydrogen) atoms. The first-order chi connectivity index (χ1) is 24.8. The summed E-state index contributed by atoms with van der Waals surface area (Å²) >= 11 is 0. The minimum Gasteiger partial charge on any atom is -0.497 e. The maximum atomic E-state index is 14.2. The first kappa shape index (κ1) is 38.4. The fraction of sp³-hybridized carbons (Fsp3) is 0.385. The summed E-state index contributed by atoms with van der Waals surface area (Å²) in [7, 11) is -2.55. The van der Waals surface area contributed by atoms with E-state index in [1.807, 2.05) is 74.5 Å². The molecule has 1 saturated heterocycles. The van der Waals surface area contributed by atoms with Gasteiger partial charge in [-0.1, -0.05) is 82.3 Å². The van der Waals surface area contributed by atoms with Gasteiger partial charge in [-0.15, -0.1) is 0 Å². The molecule has 1 fully saturated rings. The predicted octanol–water partition coefficient (Wildman–Crippen LogP) is 4.47. The summed E-state index contributed by atoms with van der Waals surface area (Å²) in [6, 6.07) is 23.9. The van der Waals surface area contributed by atoms with Crippen molar-refractivity contribution in [2.24, 2.45) is 11.8 Å². The van der Waals surface area contributed by atoms with Crippen LogP contribution in [0.2, 0.25) is 0 Å². The van der Waals surface area contributed by atoms with Gasteiger partial charge in [-0.3, -0.25) is 19.5 Å². The van der Waals surface area contributed by atoms with E-state index >= 15 is 0 Å². The number of hydrogen-bond donors (Lipinski definition) is 2. The average molecular weight is 730 g/mol. The minimum absolute atomic E-state index is 0.0465. The van der Waals surface area contributed by atoms with Crippen LogP contribution >= 0.6 is 0 Å². The van der Waals surface area contributed by atoms with Gasteiger partial charge < -0.3 is 20.1 Å². The first-order valence-corrected chi connectivity index (χ1v) is 18.8. The second-order valence-electron chi connectivity index (χ2n) is 13.8. The zero-order valence-corrected chi connectivity index (χ0v) is 31.0. The summed E-state index contributed by atoms with van der Waals surface area (Å²) in [5, 5.41) is 15.6. The summed E-state index contributed by atoms with van der Waals surface area (Å²) in [4.78, 5) is 48.2. The van der Waals surface area contributed by atoms with Gasteiger partial charge >= 0.3 is 6.03 Å². The van der Waals surface area contributed by atoms with Crippen molar-refractivity contribution in [1.29, 1.82) is 0 Å². The molecule has 13 heteroatoms. The summed E-state index contributed by atoms with van der Waals surface area (Å²) in [6.45, 7) is 6.81. The van der Waals surface area contributed by atoms with E-state index in [1.54, 1.807) is 32.0 Å². The number of rotatable bonds is 16. The molecular weight excluding hydrogens is 683 g/mol. The number of methoxy groups -OCH3 is 1. The fourth-order valence-corrected chi connectivity index (χ4v) is 8.05. The zero-order valence-electron chi connectivity index (χ0n) is 30.2. The minimum atomic E-state index is -4.05. The van der Waals surface area contributed by atoms with E-state index < -0.39 is 52.0 Å². The SMILES string of the molecule is COc1ccc(S(=O)(=O)N(CC(C)C)C[C@@H](O)[C@H](Cc2ccccc2)NC(=O)[C@H](C(C)C)N2CC(=O)N(Cc3ccc4ccccc4n3)C2=O)cc1. The number of amides is 4. The number of aliphatic hydroxyl groups is 1. The van der Waals surface area contributed by atoms with E-state index in [9.17, 15) is 27.9 Å². The molecule has 2 heterocycles. The molecule has 2 N–H and O–H groups in total. The highest BCUT2D eigenvalue weighted by Crippen LogP contribution is 2.24. The number of nitrogens with zero attached hydrogens (tertiary/aromatic N) is 4. The van der Waals surface area contributed by atoms with Crippen LogP contribution in [0.5, 0.6) is 5.75 Å². The van der Waals surface area contributed by atoms with E-state index in [-0.39, 0.29) is 43.4 Å². The highest BCUT2D eigenvalue weighted by atomic mass is 32.2. The van der Waals surface area contributed by atoms with E-state index in [0.717, 1.165) is 21.4 Å². The van der Waals surface area contributed by atoms with Crippen LogP contribution in [0.25, 0.3) is 10.9 Å². The molecule has 3 atom stereocenters. The number of pyridine rings is 1. The number of carbonyl (C=O) groups excluding carboxylic acids is 3. The molecule has 1 aliphatic rings. The van der Waals surface area contributed by atoms with Crippen LogP contribution in [0.15, 0.2) is 95.9 Å². The number of nitrogens with one attached hydrogen (secondary N) is 1. The second-order valence-corrected chi connectivity index (χ2v) is 15.8. The van der Waals surface area contributed by atoms with Crippen LogP contribution in [0.1, 0.15) is 39.0 Å². The Morgan fingerprint density at radius 2 is 1.60 bits per heavy atom. The van der Waals surface area contributed by atoms with Crippen molar-refractivity contribution >= 4 is 38.8 Å². The molecule has 4 amide bonds. The normalized spacial score (nSPS) is 15.5. The van der Waals surface area contributed by atoms with Crippen molar-refractivity contribution in [3.05, 3.63) is 102 Å². The molecule has 0 aliphatic carbocycles. The number of benzene rings is 3. The van der Waals surface area contributed by atoms with Crippen molar-refractivity contribution in [1.82, 2.24) is 24.4 Å². The highest BCUT2D eigenvalue weighted by Gasteiger charge is 2.44. The molecule has 12 nitrogen and oxygen atoms in total. The van der Waals surface area contributed by atoms with Crippen molar-refractivity contribution < 1.29 is 32.6 Å². The number of ether oxygens (including phenoxy) is 1. The number of sulfonamides is 1. The van der Waals surface area contributed by atoms with Gasteiger partial charge in [-0.05, 0) is 60.2 Å². The van der Waals surface area contributed by atoms with Crippen molar-refractivity contribution in [2.45, 2.75) is 63.7 Å². The molecule has 0 spiro atoms. The molecule has 1 aromatic heterocycles. The molecule has 0 bridgehead atoms. The highest BCUT2D eigenvalue weighted by molar-refractivity contribution is 7.89. The molecule has 1 aliphatic heterocycles. The number of aromatic nitrogens is 1. The topological polar surface area (TPSA) is 149 Å². The Kier molecular flexibility index (Phi) is 12.3. The third-order valence-electron chi connectivity index (χ3n) is 9.04. The van der Waals surface area contributed by atoms with Crippen LogP contribution in [0, 0.1) is 11.8 Å². The monoisotopic (exact) mass is 729 g/mol. The zero-order chi connectivity index (χ0) is 37.6. The van der Waals surface area contributed by atoms with E-state index in [2.05, 4.69) is 10.3 Å². The Hall–Kier alpha value is -4.85. The number of imide groups is 1. The average Bonchev–Trinajstić information content (AvgIpc) is 3.38. The number of hydrogen-bond acceptors (Lipinski definition) is 8. The van der Waals surface area contributed by atoms with Gasteiger partial charge in [0.2, 0.25) is 15.9 Å². The van der Waals surface area contributed by atoms with Crippen molar-refractivity contribution in [3.8, 4) is 5.75 Å². The summed E-state index contributed by atoms with van der Waals surface area (Å²) in [5.74, 6) is -0.981. The lowest BCUT2D eigenvalue weighted by atomic mass is 9.97. The van der Waals surface area contributed by atoms with Gasteiger partial charge in [0.1, 0.15) is 18.3 Å². The summed E-state index contributed by atoms with van der Waals surface area (Å²) in [6.07, 6.45) is -1.15. The van der Waals surface area contributed by atoms with Crippen LogP contribution in [-0.2, 0) is 32.6 Å². The van der Waals surface area contributed by atoms with E-state index in [0.29, 0.717) is 11.4 Å². The van der Waals surface area contributed by atoms with Crippen LogP contribution < -0.4 is 10.1 Å². The Labute approximate surface area is 305 Å². The molecule has 0 saturated carbocycles. The second kappa shape index (κ2) is 16.7. The number of urea groups is 1. The van der Waals surface area contributed by atoms with Crippen LogP contribution in [-0.4, -0.2) is 95.4 Å². The Morgan fingerprint density at radius 3 is 2.25 bits per heavy atom. The number of carbonyl (C=O) groups is 3. The Balaban J connectivity index is 1.37. The summed E-state index contributed by atoms with van der Waals surface area (Å²) < 4.78 is 34.2. The number of para-hydroxylation sites is 1. The number of fused-ring (bicyclic) bond motifs is 1. The smallest absolute Gasteiger partial charge is 0.328 e. The third-order valence-corrected chi connectivity index (χ3v) is 10.9. The first-order valence-electron chi connectivity index (χ1n) is 17.4.